The lowest BCUT2D eigenvalue weighted by Crippen LogP contribution is -2.11. The van der Waals surface area contributed by atoms with Crippen LogP contribution >= 0.6 is 0 Å². The van der Waals surface area contributed by atoms with Crippen molar-refractivity contribution in [2.45, 2.75) is 27.3 Å². The van der Waals surface area contributed by atoms with E-state index in [1.165, 1.54) is 12.1 Å². The predicted octanol–water partition coefficient (Wildman–Crippen LogP) is 4.36. The Morgan fingerprint density at radius 1 is 1.00 bits per heavy atom. The Balaban J connectivity index is 2.44. The van der Waals surface area contributed by atoms with E-state index in [1.54, 1.807) is 13.0 Å². The number of halogens is 2. The Kier molecular flexibility index (Phi) is 4.50. The first kappa shape index (κ1) is 14.7. The summed E-state index contributed by atoms with van der Waals surface area (Å²) in [6.07, 6.45) is 0. The Morgan fingerprint density at radius 3 is 2.35 bits per heavy atom. The number of hydrogen-bond donors (Lipinski definition) is 1. The molecule has 0 heterocycles. The van der Waals surface area contributed by atoms with E-state index in [-0.39, 0.29) is 11.6 Å². The summed E-state index contributed by atoms with van der Waals surface area (Å²) >= 11 is 0. The molecule has 0 spiro atoms. The number of aryl methyl sites for hydroxylation is 2. The van der Waals surface area contributed by atoms with E-state index < -0.39 is 0 Å². The number of nitrogens with one attached hydrogen (secondary N) is 1. The fourth-order valence-electron chi connectivity index (χ4n) is 2.40. The largest absolute Gasteiger partial charge is 0.313 e. The van der Waals surface area contributed by atoms with Crippen LogP contribution in [0.25, 0.3) is 11.1 Å². The van der Waals surface area contributed by atoms with Crippen molar-refractivity contribution in [1.29, 1.82) is 0 Å². The molecule has 0 saturated heterocycles. The van der Waals surface area contributed by atoms with Crippen LogP contribution in [-0.4, -0.2) is 6.54 Å². The Labute approximate surface area is 118 Å². The highest BCUT2D eigenvalue weighted by Gasteiger charge is 2.14. The average Bonchev–Trinajstić information content (AvgIpc) is 2.37. The van der Waals surface area contributed by atoms with Crippen LogP contribution in [-0.2, 0) is 6.54 Å². The maximum atomic E-state index is 14.2. The van der Waals surface area contributed by atoms with Crippen LogP contribution in [0.5, 0.6) is 0 Å². The van der Waals surface area contributed by atoms with Crippen LogP contribution in [0.3, 0.4) is 0 Å². The smallest absolute Gasteiger partial charge is 0.131 e. The highest BCUT2D eigenvalue weighted by molar-refractivity contribution is 5.69. The second-order valence-electron chi connectivity index (χ2n) is 5.03. The second kappa shape index (κ2) is 6.14. The minimum Gasteiger partial charge on any atom is -0.313 e. The van der Waals surface area contributed by atoms with Gasteiger partial charge in [-0.1, -0.05) is 25.1 Å². The van der Waals surface area contributed by atoms with Crippen LogP contribution in [0.1, 0.15) is 23.6 Å². The summed E-state index contributed by atoms with van der Waals surface area (Å²) in [5.74, 6) is -0.757. The maximum Gasteiger partial charge on any atom is 0.131 e. The second-order valence-corrected chi connectivity index (χ2v) is 5.03. The van der Waals surface area contributed by atoms with E-state index in [4.69, 9.17) is 0 Å². The highest BCUT2D eigenvalue weighted by atomic mass is 19.1. The SMILES string of the molecule is CCNCc1ccc(-c2c(C)cc(C)cc2F)c(F)c1. The van der Waals surface area contributed by atoms with Gasteiger partial charge < -0.3 is 5.32 Å². The molecule has 0 aliphatic rings. The molecule has 0 aliphatic carbocycles. The lowest BCUT2D eigenvalue weighted by atomic mass is 9.96. The molecule has 0 saturated carbocycles. The topological polar surface area (TPSA) is 12.0 Å². The van der Waals surface area contributed by atoms with Crippen molar-refractivity contribution in [1.82, 2.24) is 5.32 Å². The molecule has 106 valence electrons. The number of rotatable bonds is 4. The monoisotopic (exact) mass is 275 g/mol. The third kappa shape index (κ3) is 3.05. The summed E-state index contributed by atoms with van der Waals surface area (Å²) in [5, 5.41) is 3.14. The molecular weight excluding hydrogens is 256 g/mol. The zero-order chi connectivity index (χ0) is 14.7. The van der Waals surface area contributed by atoms with Gasteiger partial charge in [0, 0.05) is 17.7 Å². The molecule has 0 fully saturated rings. The summed E-state index contributed by atoms with van der Waals surface area (Å²) in [7, 11) is 0. The molecule has 0 radical (unpaired) electrons. The normalized spacial score (nSPS) is 10.8. The molecule has 0 aromatic heterocycles. The number of hydrogen-bond acceptors (Lipinski definition) is 1. The van der Waals surface area contributed by atoms with Crippen molar-refractivity contribution >= 4 is 0 Å². The predicted molar refractivity (Wildman–Crippen MR) is 78.6 cm³/mol. The van der Waals surface area contributed by atoms with Crippen molar-refractivity contribution in [3.05, 3.63) is 58.7 Å². The highest BCUT2D eigenvalue weighted by Crippen LogP contribution is 2.30. The quantitative estimate of drug-likeness (QED) is 0.874. The van der Waals surface area contributed by atoms with Crippen molar-refractivity contribution in [2.24, 2.45) is 0 Å². The van der Waals surface area contributed by atoms with E-state index in [0.717, 1.165) is 23.2 Å². The molecule has 2 aromatic carbocycles. The van der Waals surface area contributed by atoms with Gasteiger partial charge in [-0.05, 0) is 49.2 Å². The molecule has 0 aliphatic heterocycles. The Morgan fingerprint density at radius 2 is 1.75 bits per heavy atom. The van der Waals surface area contributed by atoms with Crippen LogP contribution < -0.4 is 5.32 Å². The lowest BCUT2D eigenvalue weighted by Gasteiger charge is -2.11. The first-order valence-corrected chi connectivity index (χ1v) is 6.79. The number of benzene rings is 2. The molecule has 2 aromatic rings. The molecule has 0 unspecified atom stereocenters. The van der Waals surface area contributed by atoms with Crippen molar-refractivity contribution in [3.63, 3.8) is 0 Å². The maximum absolute atomic E-state index is 14.2. The lowest BCUT2D eigenvalue weighted by molar-refractivity contribution is 0.612. The van der Waals surface area contributed by atoms with Crippen LogP contribution in [0.2, 0.25) is 0 Å². The Hall–Kier alpha value is -1.74. The van der Waals surface area contributed by atoms with Gasteiger partial charge >= 0.3 is 0 Å². The van der Waals surface area contributed by atoms with Crippen LogP contribution in [0.4, 0.5) is 8.78 Å². The van der Waals surface area contributed by atoms with Gasteiger partial charge in [-0.3, -0.25) is 0 Å². The minimum atomic E-state index is -0.383. The van der Waals surface area contributed by atoms with Gasteiger partial charge in [0.2, 0.25) is 0 Å². The average molecular weight is 275 g/mol. The van der Waals surface area contributed by atoms with Crippen molar-refractivity contribution in [2.75, 3.05) is 6.54 Å². The standard InChI is InChI=1S/C17H19F2N/c1-4-20-10-13-5-6-14(15(18)9-13)17-12(3)7-11(2)8-16(17)19/h5-9,20H,4,10H2,1-3H3. The Bertz CT molecular complexity index is 597. The summed E-state index contributed by atoms with van der Waals surface area (Å²) in [6, 6.07) is 8.26. The van der Waals surface area contributed by atoms with Gasteiger partial charge in [-0.15, -0.1) is 0 Å². The minimum absolute atomic E-state index is 0.320. The molecule has 0 bridgehead atoms. The van der Waals surface area contributed by atoms with Crippen LogP contribution in [0, 0.1) is 25.5 Å². The van der Waals surface area contributed by atoms with Gasteiger partial charge in [0.25, 0.3) is 0 Å². The molecule has 1 N–H and O–H groups in total. The molecular formula is C17H19F2N. The first-order chi connectivity index (χ1) is 9.52. The summed E-state index contributed by atoms with van der Waals surface area (Å²) in [5.41, 5.74) is 3.12. The van der Waals surface area contributed by atoms with Gasteiger partial charge in [0.05, 0.1) is 0 Å². The van der Waals surface area contributed by atoms with E-state index in [9.17, 15) is 8.78 Å². The summed E-state index contributed by atoms with van der Waals surface area (Å²) in [4.78, 5) is 0. The summed E-state index contributed by atoms with van der Waals surface area (Å²) in [6.45, 7) is 7.07. The van der Waals surface area contributed by atoms with Crippen LogP contribution in [0.15, 0.2) is 30.3 Å². The summed E-state index contributed by atoms with van der Waals surface area (Å²) < 4.78 is 28.3. The molecule has 0 amide bonds. The molecule has 3 heteroatoms. The molecule has 20 heavy (non-hydrogen) atoms. The van der Waals surface area contributed by atoms with Gasteiger partial charge in [0.1, 0.15) is 11.6 Å². The van der Waals surface area contributed by atoms with E-state index in [0.29, 0.717) is 17.7 Å². The third-order valence-electron chi connectivity index (χ3n) is 3.31. The molecule has 2 rings (SSSR count). The van der Waals surface area contributed by atoms with Crippen molar-refractivity contribution in [3.8, 4) is 11.1 Å². The van der Waals surface area contributed by atoms with E-state index in [1.807, 2.05) is 26.0 Å². The first-order valence-electron chi connectivity index (χ1n) is 6.79. The van der Waals surface area contributed by atoms with Crippen molar-refractivity contribution < 1.29 is 8.78 Å². The van der Waals surface area contributed by atoms with E-state index in [2.05, 4.69) is 5.32 Å². The zero-order valence-electron chi connectivity index (χ0n) is 12.1. The zero-order valence-corrected chi connectivity index (χ0v) is 12.1. The molecule has 1 nitrogen and oxygen atoms in total. The van der Waals surface area contributed by atoms with E-state index >= 15 is 0 Å². The van der Waals surface area contributed by atoms with Gasteiger partial charge in [-0.25, -0.2) is 8.78 Å². The fraction of sp³-hybridized carbons (Fsp3) is 0.294. The van der Waals surface area contributed by atoms with Gasteiger partial charge in [0.15, 0.2) is 0 Å². The fourth-order valence-corrected chi connectivity index (χ4v) is 2.40. The molecule has 0 atom stereocenters. The van der Waals surface area contributed by atoms with Gasteiger partial charge in [-0.2, -0.15) is 0 Å². The third-order valence-corrected chi connectivity index (χ3v) is 3.31.